The van der Waals surface area contributed by atoms with Gasteiger partial charge in [-0.05, 0) is 32.0 Å². The van der Waals surface area contributed by atoms with Crippen LogP contribution in [0, 0.1) is 0 Å². The fraction of sp³-hybridized carbons (Fsp3) is 0.667. The second-order valence-electron chi connectivity index (χ2n) is 4.59. The van der Waals surface area contributed by atoms with Gasteiger partial charge in [0.1, 0.15) is 4.21 Å². The summed E-state index contributed by atoms with van der Waals surface area (Å²) >= 11 is 1.34. The molecule has 1 aliphatic heterocycles. The molecule has 0 atom stereocenters. The average molecular weight is 304 g/mol. The summed E-state index contributed by atoms with van der Waals surface area (Å²) in [6, 6.07) is 3.57. The highest BCUT2D eigenvalue weighted by atomic mass is 32.2. The monoisotopic (exact) mass is 304 g/mol. The molecule has 19 heavy (non-hydrogen) atoms. The zero-order chi connectivity index (χ0) is 13.9. The van der Waals surface area contributed by atoms with Crippen LogP contribution in [0.5, 0.6) is 0 Å². The first kappa shape index (κ1) is 14.9. The highest BCUT2D eigenvalue weighted by Gasteiger charge is 2.30. The van der Waals surface area contributed by atoms with Crippen LogP contribution in [0.3, 0.4) is 0 Å². The summed E-state index contributed by atoms with van der Waals surface area (Å²) < 4.78 is 32.2. The van der Waals surface area contributed by atoms with Crippen molar-refractivity contribution in [2.75, 3.05) is 27.2 Å². The molecule has 0 spiro atoms. The lowest BCUT2D eigenvalue weighted by Crippen LogP contribution is -2.40. The second-order valence-corrected chi connectivity index (χ2v) is 7.92. The van der Waals surface area contributed by atoms with Gasteiger partial charge in [0.05, 0.1) is 6.10 Å². The molecule has 108 valence electrons. The molecule has 1 aromatic rings. The van der Waals surface area contributed by atoms with E-state index in [4.69, 9.17) is 4.74 Å². The Bertz CT molecular complexity index is 505. The van der Waals surface area contributed by atoms with Gasteiger partial charge in [0.15, 0.2) is 0 Å². The Balaban J connectivity index is 2.09. The van der Waals surface area contributed by atoms with Gasteiger partial charge < -0.3 is 10.1 Å². The first-order valence-electron chi connectivity index (χ1n) is 6.34. The molecule has 5 nitrogen and oxygen atoms in total. The van der Waals surface area contributed by atoms with E-state index < -0.39 is 10.0 Å². The van der Waals surface area contributed by atoms with Gasteiger partial charge >= 0.3 is 0 Å². The van der Waals surface area contributed by atoms with Crippen molar-refractivity contribution in [2.24, 2.45) is 0 Å². The summed E-state index contributed by atoms with van der Waals surface area (Å²) in [7, 11) is 0.207. The van der Waals surface area contributed by atoms with E-state index in [2.05, 4.69) is 5.32 Å². The molecule has 2 rings (SSSR count). The minimum Gasteiger partial charge on any atom is -0.381 e. The van der Waals surface area contributed by atoms with Gasteiger partial charge in [-0.2, -0.15) is 4.31 Å². The normalized spacial score (nSPS) is 18.8. The van der Waals surface area contributed by atoms with Crippen LogP contribution in [-0.2, 0) is 21.3 Å². The van der Waals surface area contributed by atoms with Crippen LogP contribution in [-0.4, -0.2) is 46.1 Å². The molecule has 0 saturated carbocycles. The van der Waals surface area contributed by atoms with E-state index in [9.17, 15) is 8.42 Å². The number of piperidine rings is 1. The van der Waals surface area contributed by atoms with Crippen LogP contribution in [0.25, 0.3) is 0 Å². The number of sulfonamides is 1. The molecule has 0 aliphatic carbocycles. The predicted molar refractivity (Wildman–Crippen MR) is 75.9 cm³/mol. The fourth-order valence-electron chi connectivity index (χ4n) is 2.20. The van der Waals surface area contributed by atoms with Crippen molar-refractivity contribution in [3.8, 4) is 0 Å². The summed E-state index contributed by atoms with van der Waals surface area (Å²) in [6.07, 6.45) is 1.73. The summed E-state index contributed by atoms with van der Waals surface area (Å²) in [5, 5.41) is 3.03. The summed E-state index contributed by atoms with van der Waals surface area (Å²) in [6.45, 7) is 1.78. The minimum absolute atomic E-state index is 0.189. The van der Waals surface area contributed by atoms with Crippen LogP contribution >= 0.6 is 11.3 Å². The third-order valence-corrected chi connectivity index (χ3v) is 6.77. The van der Waals surface area contributed by atoms with Crippen molar-refractivity contribution in [2.45, 2.75) is 29.7 Å². The Kier molecular flexibility index (Phi) is 4.97. The van der Waals surface area contributed by atoms with Gasteiger partial charge in [0.25, 0.3) is 10.0 Å². The van der Waals surface area contributed by atoms with Gasteiger partial charge in [0.2, 0.25) is 0 Å². The fourth-order valence-corrected chi connectivity index (χ4v) is 5.19. The molecule has 1 saturated heterocycles. The van der Waals surface area contributed by atoms with Gasteiger partial charge in [-0.15, -0.1) is 11.3 Å². The molecular weight excluding hydrogens is 284 g/mol. The van der Waals surface area contributed by atoms with E-state index in [1.807, 2.05) is 13.1 Å². The molecule has 1 aliphatic rings. The number of hydrogen-bond acceptors (Lipinski definition) is 5. The van der Waals surface area contributed by atoms with E-state index in [0.29, 0.717) is 23.8 Å². The Morgan fingerprint density at radius 3 is 2.68 bits per heavy atom. The SMILES string of the molecule is CNCc1ccc(S(=O)(=O)N2CCC(OC)CC2)s1. The molecule has 7 heteroatoms. The minimum atomic E-state index is -3.32. The maximum absolute atomic E-state index is 12.5. The summed E-state index contributed by atoms with van der Waals surface area (Å²) in [4.78, 5) is 1.04. The molecule has 1 aromatic heterocycles. The molecule has 0 radical (unpaired) electrons. The smallest absolute Gasteiger partial charge is 0.252 e. The van der Waals surface area contributed by atoms with E-state index in [0.717, 1.165) is 17.7 Å². The van der Waals surface area contributed by atoms with E-state index >= 15 is 0 Å². The van der Waals surface area contributed by atoms with Crippen molar-refractivity contribution in [3.63, 3.8) is 0 Å². The number of hydrogen-bond donors (Lipinski definition) is 1. The van der Waals surface area contributed by atoms with Crippen LogP contribution in [0.15, 0.2) is 16.3 Å². The number of nitrogens with one attached hydrogen (secondary N) is 1. The zero-order valence-electron chi connectivity index (χ0n) is 11.3. The largest absolute Gasteiger partial charge is 0.381 e. The van der Waals surface area contributed by atoms with Crippen molar-refractivity contribution in [1.82, 2.24) is 9.62 Å². The van der Waals surface area contributed by atoms with Gasteiger partial charge in [0, 0.05) is 31.6 Å². The van der Waals surface area contributed by atoms with Crippen LogP contribution < -0.4 is 5.32 Å². The van der Waals surface area contributed by atoms with Crippen molar-refractivity contribution in [3.05, 3.63) is 17.0 Å². The summed E-state index contributed by atoms with van der Waals surface area (Å²) in [5.74, 6) is 0. The number of rotatable bonds is 5. The van der Waals surface area contributed by atoms with Gasteiger partial charge in [-0.25, -0.2) is 8.42 Å². The van der Waals surface area contributed by atoms with Gasteiger partial charge in [-0.1, -0.05) is 0 Å². The highest BCUT2D eigenvalue weighted by molar-refractivity contribution is 7.91. The number of methoxy groups -OCH3 is 1. The predicted octanol–water partition coefficient (Wildman–Crippen LogP) is 1.27. The lowest BCUT2D eigenvalue weighted by Gasteiger charge is -2.29. The number of ether oxygens (including phenoxy) is 1. The molecule has 1 fully saturated rings. The molecule has 0 bridgehead atoms. The Morgan fingerprint density at radius 1 is 1.42 bits per heavy atom. The Labute approximate surface area is 118 Å². The first-order chi connectivity index (χ1) is 9.07. The van der Waals surface area contributed by atoms with Crippen molar-refractivity contribution >= 4 is 21.4 Å². The van der Waals surface area contributed by atoms with Crippen LogP contribution in [0.1, 0.15) is 17.7 Å². The summed E-state index contributed by atoms with van der Waals surface area (Å²) in [5.41, 5.74) is 0. The van der Waals surface area contributed by atoms with Crippen LogP contribution in [0.4, 0.5) is 0 Å². The number of nitrogens with zero attached hydrogens (tertiary/aromatic N) is 1. The first-order valence-corrected chi connectivity index (χ1v) is 8.60. The second kappa shape index (κ2) is 6.32. The maximum Gasteiger partial charge on any atom is 0.252 e. The highest BCUT2D eigenvalue weighted by Crippen LogP contribution is 2.27. The molecule has 0 aromatic carbocycles. The third-order valence-electron chi connectivity index (χ3n) is 3.32. The van der Waals surface area contributed by atoms with Crippen molar-refractivity contribution < 1.29 is 13.2 Å². The Morgan fingerprint density at radius 2 is 2.11 bits per heavy atom. The van der Waals surface area contributed by atoms with Gasteiger partial charge in [-0.3, -0.25) is 0 Å². The molecule has 1 N–H and O–H groups in total. The topological polar surface area (TPSA) is 58.6 Å². The Hall–Kier alpha value is -0.470. The molecular formula is C12H20N2O3S2. The standard InChI is InChI=1S/C12H20N2O3S2/c1-13-9-11-3-4-12(18-11)19(15,16)14-7-5-10(17-2)6-8-14/h3-4,10,13H,5-9H2,1-2H3. The third kappa shape index (κ3) is 3.35. The molecule has 2 heterocycles. The lowest BCUT2D eigenvalue weighted by atomic mass is 10.1. The van der Waals surface area contributed by atoms with Crippen molar-refractivity contribution in [1.29, 1.82) is 0 Å². The quantitative estimate of drug-likeness (QED) is 0.890. The average Bonchev–Trinajstić information content (AvgIpc) is 2.89. The molecule has 0 unspecified atom stereocenters. The van der Waals surface area contributed by atoms with E-state index in [-0.39, 0.29) is 6.10 Å². The molecule has 0 amide bonds. The van der Waals surface area contributed by atoms with Crippen LogP contribution in [0.2, 0.25) is 0 Å². The van der Waals surface area contributed by atoms with E-state index in [1.165, 1.54) is 11.3 Å². The van der Waals surface area contributed by atoms with E-state index in [1.54, 1.807) is 17.5 Å². The lowest BCUT2D eigenvalue weighted by molar-refractivity contribution is 0.0605. The number of thiophene rings is 1. The zero-order valence-corrected chi connectivity index (χ0v) is 12.9. The maximum atomic E-state index is 12.5.